The summed E-state index contributed by atoms with van der Waals surface area (Å²) in [7, 11) is 0. The quantitative estimate of drug-likeness (QED) is 0.501. The smallest absolute Gasteiger partial charge is 0.316 e. The summed E-state index contributed by atoms with van der Waals surface area (Å²) in [4.78, 5) is 11.1. The predicted octanol–water partition coefficient (Wildman–Crippen LogP) is 4.39. The van der Waals surface area contributed by atoms with Crippen molar-refractivity contribution in [2.75, 3.05) is 0 Å². The van der Waals surface area contributed by atoms with Crippen molar-refractivity contribution in [3.63, 3.8) is 0 Å². The second-order valence-corrected chi connectivity index (χ2v) is 6.67. The first-order chi connectivity index (χ1) is 7.66. The van der Waals surface area contributed by atoms with Crippen LogP contribution in [0.15, 0.2) is 0 Å². The molecule has 0 radical (unpaired) electrons. The molecule has 1 unspecified atom stereocenters. The standard InChI is InChI=1S/C14H28O2S/c1-6-7-8-9-10-13(2,3)14(4,5)11(17)12(15)16/h11,17H,6-10H2,1-5H3,(H,15,16). The molecule has 1 N–H and O–H groups in total. The SMILES string of the molecule is CCCCCCC(C)(C)C(C)(C)C(S)C(=O)O. The maximum absolute atomic E-state index is 11.1. The highest BCUT2D eigenvalue weighted by Crippen LogP contribution is 2.46. The van der Waals surface area contributed by atoms with E-state index in [1.807, 2.05) is 13.8 Å². The van der Waals surface area contributed by atoms with E-state index in [9.17, 15) is 4.79 Å². The van der Waals surface area contributed by atoms with Gasteiger partial charge in [-0.3, -0.25) is 4.79 Å². The number of carboxylic acids is 1. The summed E-state index contributed by atoms with van der Waals surface area (Å²) >= 11 is 4.26. The van der Waals surface area contributed by atoms with Gasteiger partial charge >= 0.3 is 5.97 Å². The molecule has 0 fully saturated rings. The minimum absolute atomic E-state index is 0.00838. The summed E-state index contributed by atoms with van der Waals surface area (Å²) in [6.45, 7) is 10.5. The Morgan fingerprint density at radius 1 is 1.18 bits per heavy atom. The van der Waals surface area contributed by atoms with E-state index in [2.05, 4.69) is 33.4 Å². The Morgan fingerprint density at radius 2 is 1.71 bits per heavy atom. The highest BCUT2D eigenvalue weighted by Gasteiger charge is 2.44. The van der Waals surface area contributed by atoms with Crippen molar-refractivity contribution < 1.29 is 9.90 Å². The van der Waals surface area contributed by atoms with Crippen LogP contribution in [0.5, 0.6) is 0 Å². The maximum Gasteiger partial charge on any atom is 0.316 e. The van der Waals surface area contributed by atoms with Crippen molar-refractivity contribution in [1.82, 2.24) is 0 Å². The summed E-state index contributed by atoms with van der Waals surface area (Å²) in [5, 5.41) is 8.51. The largest absolute Gasteiger partial charge is 0.480 e. The predicted molar refractivity (Wildman–Crippen MR) is 76.7 cm³/mol. The number of thiol groups is 1. The van der Waals surface area contributed by atoms with Gasteiger partial charge in [0.1, 0.15) is 5.25 Å². The van der Waals surface area contributed by atoms with Crippen LogP contribution in [0.4, 0.5) is 0 Å². The third-order valence-electron chi connectivity index (χ3n) is 4.32. The first kappa shape index (κ1) is 16.8. The molecule has 2 nitrogen and oxygen atoms in total. The Hall–Kier alpha value is -0.180. The van der Waals surface area contributed by atoms with E-state index in [0.717, 1.165) is 6.42 Å². The van der Waals surface area contributed by atoms with Gasteiger partial charge in [0.05, 0.1) is 0 Å². The van der Waals surface area contributed by atoms with Gasteiger partial charge in [0, 0.05) is 0 Å². The maximum atomic E-state index is 11.1. The Labute approximate surface area is 112 Å². The summed E-state index contributed by atoms with van der Waals surface area (Å²) in [6, 6.07) is 0. The molecule has 0 aliphatic carbocycles. The van der Waals surface area contributed by atoms with Gasteiger partial charge in [-0.2, -0.15) is 12.6 Å². The lowest BCUT2D eigenvalue weighted by Crippen LogP contribution is -2.43. The topological polar surface area (TPSA) is 37.3 Å². The molecule has 17 heavy (non-hydrogen) atoms. The molecular formula is C14H28O2S. The highest BCUT2D eigenvalue weighted by atomic mass is 32.1. The van der Waals surface area contributed by atoms with Crippen molar-refractivity contribution in [3.05, 3.63) is 0 Å². The number of hydrogen-bond acceptors (Lipinski definition) is 2. The van der Waals surface area contributed by atoms with Crippen LogP contribution in [0.1, 0.15) is 66.7 Å². The molecule has 0 saturated carbocycles. The van der Waals surface area contributed by atoms with Crippen LogP contribution < -0.4 is 0 Å². The van der Waals surface area contributed by atoms with Crippen LogP contribution in [0.2, 0.25) is 0 Å². The fourth-order valence-corrected chi connectivity index (χ4v) is 2.34. The van der Waals surface area contributed by atoms with Crippen LogP contribution in [0.25, 0.3) is 0 Å². The fraction of sp³-hybridized carbons (Fsp3) is 0.929. The molecule has 0 saturated heterocycles. The van der Waals surface area contributed by atoms with Gasteiger partial charge in [-0.1, -0.05) is 60.3 Å². The normalized spacial score (nSPS) is 14.7. The molecule has 0 aromatic heterocycles. The van der Waals surface area contributed by atoms with Crippen LogP contribution >= 0.6 is 12.6 Å². The second-order valence-electron chi connectivity index (χ2n) is 6.16. The van der Waals surface area contributed by atoms with Crippen molar-refractivity contribution >= 4 is 18.6 Å². The first-order valence-electron chi connectivity index (χ1n) is 6.57. The summed E-state index contributed by atoms with van der Waals surface area (Å²) < 4.78 is 0. The average Bonchev–Trinajstić information content (AvgIpc) is 2.22. The molecule has 0 aromatic carbocycles. The van der Waals surface area contributed by atoms with Crippen LogP contribution in [0, 0.1) is 10.8 Å². The van der Waals surface area contributed by atoms with E-state index in [1.54, 1.807) is 0 Å². The third kappa shape index (κ3) is 4.53. The third-order valence-corrected chi connectivity index (χ3v) is 5.18. The van der Waals surface area contributed by atoms with Gasteiger partial charge in [-0.25, -0.2) is 0 Å². The number of hydrogen-bond donors (Lipinski definition) is 2. The Bertz CT molecular complexity index is 247. The molecule has 3 heteroatoms. The number of unbranched alkanes of at least 4 members (excludes halogenated alkanes) is 3. The van der Waals surface area contributed by atoms with E-state index in [-0.39, 0.29) is 10.8 Å². The molecule has 0 bridgehead atoms. The summed E-state index contributed by atoms with van der Waals surface area (Å²) in [5.74, 6) is -0.819. The van der Waals surface area contributed by atoms with Crippen molar-refractivity contribution in [2.24, 2.45) is 10.8 Å². The van der Waals surface area contributed by atoms with E-state index < -0.39 is 11.2 Å². The van der Waals surface area contributed by atoms with E-state index >= 15 is 0 Å². The van der Waals surface area contributed by atoms with Crippen LogP contribution in [-0.4, -0.2) is 16.3 Å². The van der Waals surface area contributed by atoms with Gasteiger partial charge in [-0.05, 0) is 17.3 Å². The first-order valence-corrected chi connectivity index (χ1v) is 7.09. The highest BCUT2D eigenvalue weighted by molar-refractivity contribution is 7.81. The fourth-order valence-electron chi connectivity index (χ4n) is 1.99. The number of carbonyl (C=O) groups is 1. The lowest BCUT2D eigenvalue weighted by molar-refractivity contribution is -0.140. The van der Waals surface area contributed by atoms with Crippen LogP contribution in [-0.2, 0) is 4.79 Å². The number of carboxylic acid groups (broad SMARTS) is 1. The summed E-state index contributed by atoms with van der Waals surface area (Å²) in [6.07, 6.45) is 5.96. The monoisotopic (exact) mass is 260 g/mol. The zero-order valence-electron chi connectivity index (χ0n) is 11.9. The molecular weight excluding hydrogens is 232 g/mol. The average molecular weight is 260 g/mol. The molecule has 1 atom stereocenters. The zero-order valence-corrected chi connectivity index (χ0v) is 12.8. The Balaban J connectivity index is 4.50. The summed E-state index contributed by atoms with van der Waals surface area (Å²) in [5.41, 5.74) is -0.320. The Kier molecular flexibility index (Phi) is 6.60. The second kappa shape index (κ2) is 6.67. The van der Waals surface area contributed by atoms with E-state index in [0.29, 0.717) is 0 Å². The van der Waals surface area contributed by atoms with Gasteiger partial charge in [0.15, 0.2) is 0 Å². The molecule has 0 amide bonds. The van der Waals surface area contributed by atoms with Gasteiger partial charge in [-0.15, -0.1) is 0 Å². The molecule has 0 aliphatic heterocycles. The molecule has 0 rings (SSSR count). The zero-order chi connectivity index (χ0) is 13.7. The van der Waals surface area contributed by atoms with Crippen molar-refractivity contribution in [2.45, 2.75) is 72.0 Å². The molecule has 0 aromatic rings. The lowest BCUT2D eigenvalue weighted by Gasteiger charge is -2.44. The lowest BCUT2D eigenvalue weighted by atomic mass is 9.63. The molecule has 102 valence electrons. The Morgan fingerprint density at radius 3 is 2.12 bits per heavy atom. The minimum Gasteiger partial charge on any atom is -0.480 e. The molecule has 0 heterocycles. The van der Waals surface area contributed by atoms with Gasteiger partial charge in [0.2, 0.25) is 0 Å². The minimum atomic E-state index is -0.819. The van der Waals surface area contributed by atoms with Crippen LogP contribution in [0.3, 0.4) is 0 Å². The van der Waals surface area contributed by atoms with Crippen molar-refractivity contribution in [3.8, 4) is 0 Å². The van der Waals surface area contributed by atoms with E-state index in [1.165, 1.54) is 25.7 Å². The number of rotatable bonds is 8. The van der Waals surface area contributed by atoms with Crippen molar-refractivity contribution in [1.29, 1.82) is 0 Å². The van der Waals surface area contributed by atoms with Gasteiger partial charge in [0.25, 0.3) is 0 Å². The molecule has 0 aliphatic rings. The number of aliphatic carboxylic acids is 1. The molecule has 0 spiro atoms. The van der Waals surface area contributed by atoms with E-state index in [4.69, 9.17) is 5.11 Å². The van der Waals surface area contributed by atoms with Gasteiger partial charge < -0.3 is 5.11 Å².